The predicted octanol–water partition coefficient (Wildman–Crippen LogP) is 2.16. The molecule has 1 aliphatic rings. The fraction of sp³-hybridized carbons (Fsp3) is 0.438. The first-order chi connectivity index (χ1) is 11.2. The average Bonchev–Trinajstić information content (AvgIpc) is 3.15. The summed E-state index contributed by atoms with van der Waals surface area (Å²) in [5, 5.41) is 14.9. The maximum atomic E-state index is 13.3. The Morgan fingerprint density at radius 2 is 2.08 bits per heavy atom. The van der Waals surface area contributed by atoms with E-state index < -0.39 is 0 Å². The lowest BCUT2D eigenvalue weighted by atomic mass is 10.1. The van der Waals surface area contributed by atoms with E-state index in [4.69, 9.17) is 0 Å². The summed E-state index contributed by atoms with van der Waals surface area (Å²) in [6.07, 6.45) is 2.14. The highest BCUT2D eigenvalue weighted by molar-refractivity contribution is 14.0. The SMILES string of the molecule is CN=C(NCc1ccc(F)c(C)c1)NCc1nnc2n1CCC2.I. The fourth-order valence-electron chi connectivity index (χ4n) is 2.73. The number of fused-ring (bicyclic) bond motifs is 1. The Hall–Kier alpha value is -1.71. The highest BCUT2D eigenvalue weighted by Crippen LogP contribution is 2.13. The summed E-state index contributed by atoms with van der Waals surface area (Å²) in [7, 11) is 1.72. The molecule has 0 unspecified atom stereocenters. The minimum atomic E-state index is -0.183. The molecular weight excluding hydrogens is 422 g/mol. The molecule has 0 bridgehead atoms. The van der Waals surface area contributed by atoms with Crippen molar-refractivity contribution in [2.24, 2.45) is 4.99 Å². The summed E-state index contributed by atoms with van der Waals surface area (Å²) < 4.78 is 15.4. The van der Waals surface area contributed by atoms with Gasteiger partial charge < -0.3 is 15.2 Å². The molecule has 2 heterocycles. The van der Waals surface area contributed by atoms with E-state index in [9.17, 15) is 4.39 Å². The molecule has 0 saturated carbocycles. The molecule has 130 valence electrons. The van der Waals surface area contributed by atoms with Gasteiger partial charge in [-0.3, -0.25) is 4.99 Å². The smallest absolute Gasteiger partial charge is 0.191 e. The number of aromatic nitrogens is 3. The van der Waals surface area contributed by atoms with Gasteiger partial charge in [0.1, 0.15) is 11.6 Å². The highest BCUT2D eigenvalue weighted by atomic mass is 127. The Labute approximate surface area is 158 Å². The highest BCUT2D eigenvalue weighted by Gasteiger charge is 2.17. The van der Waals surface area contributed by atoms with Gasteiger partial charge in [-0.25, -0.2) is 4.39 Å². The molecule has 8 heteroatoms. The van der Waals surface area contributed by atoms with Crippen molar-refractivity contribution in [1.82, 2.24) is 25.4 Å². The monoisotopic (exact) mass is 444 g/mol. The van der Waals surface area contributed by atoms with Crippen LogP contribution < -0.4 is 10.6 Å². The molecular formula is C16H22FIN6. The van der Waals surface area contributed by atoms with E-state index in [0.29, 0.717) is 24.6 Å². The van der Waals surface area contributed by atoms with Crippen LogP contribution in [0.2, 0.25) is 0 Å². The summed E-state index contributed by atoms with van der Waals surface area (Å²) in [5.74, 6) is 2.49. The third-order valence-electron chi connectivity index (χ3n) is 4.01. The van der Waals surface area contributed by atoms with Crippen LogP contribution in [0.5, 0.6) is 0 Å². The summed E-state index contributed by atoms with van der Waals surface area (Å²) >= 11 is 0. The van der Waals surface area contributed by atoms with Gasteiger partial charge in [0, 0.05) is 26.6 Å². The number of rotatable bonds is 4. The van der Waals surface area contributed by atoms with Crippen molar-refractivity contribution in [3.63, 3.8) is 0 Å². The topological polar surface area (TPSA) is 67.1 Å². The second-order valence-corrected chi connectivity index (χ2v) is 5.65. The lowest BCUT2D eigenvalue weighted by Gasteiger charge is -2.12. The summed E-state index contributed by atoms with van der Waals surface area (Å²) in [5.41, 5.74) is 1.65. The van der Waals surface area contributed by atoms with Crippen molar-refractivity contribution in [2.75, 3.05) is 7.05 Å². The molecule has 0 saturated heterocycles. The van der Waals surface area contributed by atoms with E-state index in [1.807, 2.05) is 6.07 Å². The summed E-state index contributed by atoms with van der Waals surface area (Å²) in [6.45, 7) is 3.91. The van der Waals surface area contributed by atoms with Crippen molar-refractivity contribution in [1.29, 1.82) is 0 Å². The molecule has 2 aromatic rings. The van der Waals surface area contributed by atoms with Crippen molar-refractivity contribution < 1.29 is 4.39 Å². The zero-order chi connectivity index (χ0) is 16.2. The molecule has 1 aromatic carbocycles. The Morgan fingerprint density at radius 1 is 1.29 bits per heavy atom. The maximum absolute atomic E-state index is 13.3. The van der Waals surface area contributed by atoms with Crippen molar-refractivity contribution in [3.8, 4) is 0 Å². The van der Waals surface area contributed by atoms with Gasteiger partial charge in [0.25, 0.3) is 0 Å². The fourth-order valence-corrected chi connectivity index (χ4v) is 2.73. The Kier molecular flexibility index (Phi) is 6.52. The summed E-state index contributed by atoms with van der Waals surface area (Å²) in [4.78, 5) is 4.20. The van der Waals surface area contributed by atoms with Gasteiger partial charge in [-0.2, -0.15) is 0 Å². The molecule has 0 aliphatic carbocycles. The first-order valence-corrected chi connectivity index (χ1v) is 7.78. The van der Waals surface area contributed by atoms with Crippen LogP contribution in [0.25, 0.3) is 0 Å². The van der Waals surface area contributed by atoms with Crippen molar-refractivity contribution in [3.05, 3.63) is 46.8 Å². The van der Waals surface area contributed by atoms with Crippen LogP contribution in [0, 0.1) is 12.7 Å². The van der Waals surface area contributed by atoms with Gasteiger partial charge >= 0.3 is 0 Å². The van der Waals surface area contributed by atoms with Crippen LogP contribution in [0.4, 0.5) is 4.39 Å². The molecule has 0 amide bonds. The van der Waals surface area contributed by atoms with Gasteiger partial charge in [0.15, 0.2) is 11.8 Å². The maximum Gasteiger partial charge on any atom is 0.191 e. The Morgan fingerprint density at radius 3 is 2.83 bits per heavy atom. The number of nitrogens with zero attached hydrogens (tertiary/aromatic N) is 4. The number of aryl methyl sites for hydroxylation is 2. The average molecular weight is 444 g/mol. The van der Waals surface area contributed by atoms with E-state index in [-0.39, 0.29) is 29.8 Å². The van der Waals surface area contributed by atoms with E-state index >= 15 is 0 Å². The van der Waals surface area contributed by atoms with E-state index in [1.165, 1.54) is 6.07 Å². The van der Waals surface area contributed by atoms with Crippen LogP contribution in [0.1, 0.15) is 29.2 Å². The van der Waals surface area contributed by atoms with Crippen LogP contribution in [-0.4, -0.2) is 27.8 Å². The number of nitrogens with one attached hydrogen (secondary N) is 2. The molecule has 0 fully saturated rings. The van der Waals surface area contributed by atoms with Crippen LogP contribution >= 0.6 is 24.0 Å². The van der Waals surface area contributed by atoms with Gasteiger partial charge in [0.2, 0.25) is 0 Å². The zero-order valence-electron chi connectivity index (χ0n) is 13.8. The molecule has 0 spiro atoms. The third-order valence-corrected chi connectivity index (χ3v) is 4.01. The van der Waals surface area contributed by atoms with E-state index in [1.54, 1.807) is 20.0 Å². The van der Waals surface area contributed by atoms with Gasteiger partial charge in [0.05, 0.1) is 6.54 Å². The second-order valence-electron chi connectivity index (χ2n) is 5.65. The van der Waals surface area contributed by atoms with Gasteiger partial charge in [-0.15, -0.1) is 34.2 Å². The predicted molar refractivity (Wildman–Crippen MR) is 102 cm³/mol. The molecule has 1 aromatic heterocycles. The minimum absolute atomic E-state index is 0. The number of guanidine groups is 1. The van der Waals surface area contributed by atoms with Gasteiger partial charge in [-0.05, 0) is 30.5 Å². The summed E-state index contributed by atoms with van der Waals surface area (Å²) in [6, 6.07) is 5.09. The van der Waals surface area contributed by atoms with Crippen LogP contribution in [-0.2, 0) is 26.1 Å². The Bertz CT molecular complexity index is 727. The van der Waals surface area contributed by atoms with Gasteiger partial charge in [-0.1, -0.05) is 12.1 Å². The molecule has 2 N–H and O–H groups in total. The lowest BCUT2D eigenvalue weighted by Crippen LogP contribution is -2.37. The number of hydrogen-bond donors (Lipinski definition) is 2. The first kappa shape index (κ1) is 18.6. The number of halogens is 2. The number of aliphatic imine (C=N–C) groups is 1. The van der Waals surface area contributed by atoms with E-state index in [2.05, 4.69) is 30.4 Å². The quantitative estimate of drug-likeness (QED) is 0.431. The molecule has 24 heavy (non-hydrogen) atoms. The first-order valence-electron chi connectivity index (χ1n) is 7.78. The zero-order valence-corrected chi connectivity index (χ0v) is 16.2. The van der Waals surface area contributed by atoms with Crippen LogP contribution in [0.15, 0.2) is 23.2 Å². The lowest BCUT2D eigenvalue weighted by molar-refractivity contribution is 0.617. The molecule has 6 nitrogen and oxygen atoms in total. The Balaban J connectivity index is 0.00000208. The standard InChI is InChI=1S/C16H21FN6.HI/c1-11-8-12(5-6-13(11)17)9-19-16(18-2)20-10-15-22-21-14-4-3-7-23(14)15;/h5-6,8H,3-4,7,9-10H2,1-2H3,(H2,18,19,20);1H. The largest absolute Gasteiger partial charge is 0.352 e. The third kappa shape index (κ3) is 4.22. The van der Waals surface area contributed by atoms with E-state index in [0.717, 1.165) is 36.6 Å². The second kappa shape index (κ2) is 8.41. The molecule has 1 aliphatic heterocycles. The minimum Gasteiger partial charge on any atom is -0.352 e. The van der Waals surface area contributed by atoms with Crippen molar-refractivity contribution in [2.45, 2.75) is 39.4 Å². The van der Waals surface area contributed by atoms with Crippen molar-refractivity contribution >= 4 is 29.9 Å². The van der Waals surface area contributed by atoms with Crippen LogP contribution in [0.3, 0.4) is 0 Å². The number of hydrogen-bond acceptors (Lipinski definition) is 3. The molecule has 0 atom stereocenters. The number of benzene rings is 1. The molecule has 3 rings (SSSR count). The molecule has 0 radical (unpaired) electrons. The normalized spacial score (nSPS) is 13.4.